The zero-order valence-electron chi connectivity index (χ0n) is 7.59. The minimum atomic E-state index is 0.694. The second-order valence-corrected chi connectivity index (χ2v) is 3.52. The van der Waals surface area contributed by atoms with E-state index in [0.717, 1.165) is 11.5 Å². The van der Waals surface area contributed by atoms with Crippen molar-refractivity contribution in [2.24, 2.45) is 0 Å². The Morgan fingerprint density at radius 2 is 2.08 bits per heavy atom. The Kier molecular flexibility index (Phi) is 1.75. The average molecular weight is 162 g/mol. The van der Waals surface area contributed by atoms with Crippen molar-refractivity contribution in [2.75, 3.05) is 5.32 Å². The molecule has 0 aromatic carbocycles. The third-order valence-corrected chi connectivity index (χ3v) is 2.28. The topological polar surface area (TPSA) is 24.9 Å². The van der Waals surface area contributed by atoms with Gasteiger partial charge in [0.25, 0.3) is 0 Å². The van der Waals surface area contributed by atoms with Crippen LogP contribution in [0.4, 0.5) is 5.82 Å². The fourth-order valence-electron chi connectivity index (χ4n) is 1.15. The van der Waals surface area contributed by atoms with Crippen LogP contribution in [0.2, 0.25) is 0 Å². The fraction of sp³-hybridized carbons (Fsp3) is 0.500. The summed E-state index contributed by atoms with van der Waals surface area (Å²) in [6, 6.07) is 4.87. The van der Waals surface area contributed by atoms with Crippen molar-refractivity contribution in [1.29, 1.82) is 0 Å². The van der Waals surface area contributed by atoms with Gasteiger partial charge in [0, 0.05) is 11.7 Å². The molecule has 0 unspecified atom stereocenters. The van der Waals surface area contributed by atoms with E-state index >= 15 is 0 Å². The number of aromatic nitrogens is 1. The first-order valence-electron chi connectivity index (χ1n) is 4.46. The monoisotopic (exact) mass is 162 g/mol. The molecule has 1 aromatic heterocycles. The first kappa shape index (κ1) is 7.59. The summed E-state index contributed by atoms with van der Waals surface area (Å²) in [5, 5.41) is 3.37. The summed E-state index contributed by atoms with van der Waals surface area (Å²) < 4.78 is 0. The van der Waals surface area contributed by atoms with E-state index in [4.69, 9.17) is 0 Å². The van der Waals surface area contributed by atoms with Gasteiger partial charge in [-0.25, -0.2) is 4.98 Å². The van der Waals surface area contributed by atoms with Gasteiger partial charge >= 0.3 is 0 Å². The van der Waals surface area contributed by atoms with Crippen molar-refractivity contribution in [3.05, 3.63) is 23.4 Å². The molecule has 1 heterocycles. The predicted octanol–water partition coefficient (Wildman–Crippen LogP) is 2.27. The number of anilines is 1. The maximum Gasteiger partial charge on any atom is 0.126 e. The van der Waals surface area contributed by atoms with Gasteiger partial charge in [0.15, 0.2) is 0 Å². The minimum absolute atomic E-state index is 0.694. The highest BCUT2D eigenvalue weighted by molar-refractivity contribution is 5.40. The zero-order chi connectivity index (χ0) is 8.55. The van der Waals surface area contributed by atoms with E-state index in [9.17, 15) is 0 Å². The molecular weight excluding hydrogens is 148 g/mol. The van der Waals surface area contributed by atoms with Gasteiger partial charge in [-0.1, -0.05) is 6.07 Å². The number of hydrogen-bond acceptors (Lipinski definition) is 2. The van der Waals surface area contributed by atoms with Gasteiger partial charge in [-0.3, -0.25) is 0 Å². The molecule has 1 aliphatic carbocycles. The molecule has 12 heavy (non-hydrogen) atoms. The molecule has 64 valence electrons. The summed E-state index contributed by atoms with van der Waals surface area (Å²) in [5.41, 5.74) is 2.39. The number of aryl methyl sites for hydroxylation is 2. The fourth-order valence-corrected chi connectivity index (χ4v) is 1.15. The highest BCUT2D eigenvalue weighted by Gasteiger charge is 2.21. The largest absolute Gasteiger partial charge is 0.367 e. The maximum absolute atomic E-state index is 4.44. The van der Waals surface area contributed by atoms with Gasteiger partial charge in [0.1, 0.15) is 5.82 Å². The van der Waals surface area contributed by atoms with Crippen LogP contribution in [0.25, 0.3) is 0 Å². The Labute approximate surface area is 73.0 Å². The van der Waals surface area contributed by atoms with E-state index in [1.165, 1.54) is 18.4 Å². The lowest BCUT2D eigenvalue weighted by Gasteiger charge is -2.05. The molecular formula is C10H14N2. The van der Waals surface area contributed by atoms with Crippen LogP contribution >= 0.6 is 0 Å². The summed E-state index contributed by atoms with van der Waals surface area (Å²) in [6.07, 6.45) is 2.60. The molecule has 0 aliphatic heterocycles. The molecule has 2 heteroatoms. The summed E-state index contributed by atoms with van der Waals surface area (Å²) in [4.78, 5) is 4.44. The standard InChI is InChI=1S/C10H14N2/c1-7-3-6-10(11-8(7)2)12-9-4-5-9/h3,6,9H,4-5H2,1-2H3,(H,11,12). The molecule has 0 amide bonds. The molecule has 1 fully saturated rings. The predicted molar refractivity (Wildman–Crippen MR) is 50.4 cm³/mol. The van der Waals surface area contributed by atoms with Gasteiger partial charge in [0.2, 0.25) is 0 Å². The SMILES string of the molecule is Cc1ccc(NC2CC2)nc1C. The van der Waals surface area contributed by atoms with Gasteiger partial charge < -0.3 is 5.32 Å². The Bertz CT molecular complexity index is 290. The highest BCUT2D eigenvalue weighted by atomic mass is 15.0. The summed E-state index contributed by atoms with van der Waals surface area (Å²) in [6.45, 7) is 4.14. The van der Waals surface area contributed by atoms with Crippen LogP contribution in [0, 0.1) is 13.8 Å². The second kappa shape index (κ2) is 2.77. The Morgan fingerprint density at radius 1 is 1.33 bits per heavy atom. The number of nitrogens with one attached hydrogen (secondary N) is 1. The van der Waals surface area contributed by atoms with Gasteiger partial charge in [-0.05, 0) is 38.3 Å². The minimum Gasteiger partial charge on any atom is -0.367 e. The normalized spacial score (nSPS) is 16.2. The van der Waals surface area contributed by atoms with Crippen molar-refractivity contribution in [3.63, 3.8) is 0 Å². The van der Waals surface area contributed by atoms with E-state index in [1.807, 2.05) is 6.92 Å². The van der Waals surface area contributed by atoms with Gasteiger partial charge in [-0.15, -0.1) is 0 Å². The third kappa shape index (κ3) is 1.58. The van der Waals surface area contributed by atoms with Crippen molar-refractivity contribution in [2.45, 2.75) is 32.7 Å². The molecule has 2 rings (SSSR count). The number of pyridine rings is 1. The van der Waals surface area contributed by atoms with Crippen molar-refractivity contribution in [1.82, 2.24) is 4.98 Å². The van der Waals surface area contributed by atoms with Gasteiger partial charge in [-0.2, -0.15) is 0 Å². The van der Waals surface area contributed by atoms with E-state index in [2.05, 4.69) is 29.4 Å². The van der Waals surface area contributed by atoms with Crippen LogP contribution in [0.5, 0.6) is 0 Å². The molecule has 0 saturated heterocycles. The molecule has 1 saturated carbocycles. The highest BCUT2D eigenvalue weighted by Crippen LogP contribution is 2.23. The Hall–Kier alpha value is -1.05. The van der Waals surface area contributed by atoms with Crippen LogP contribution in [-0.2, 0) is 0 Å². The quantitative estimate of drug-likeness (QED) is 0.721. The van der Waals surface area contributed by atoms with Crippen LogP contribution < -0.4 is 5.32 Å². The van der Waals surface area contributed by atoms with Crippen LogP contribution in [0.3, 0.4) is 0 Å². The van der Waals surface area contributed by atoms with Crippen molar-refractivity contribution >= 4 is 5.82 Å². The van der Waals surface area contributed by atoms with Crippen LogP contribution in [-0.4, -0.2) is 11.0 Å². The molecule has 1 aromatic rings. The Morgan fingerprint density at radius 3 is 2.67 bits per heavy atom. The first-order valence-corrected chi connectivity index (χ1v) is 4.46. The summed E-state index contributed by atoms with van der Waals surface area (Å²) >= 11 is 0. The Balaban J connectivity index is 2.15. The maximum atomic E-state index is 4.44. The van der Waals surface area contributed by atoms with E-state index in [1.54, 1.807) is 0 Å². The second-order valence-electron chi connectivity index (χ2n) is 3.52. The van der Waals surface area contributed by atoms with Crippen molar-refractivity contribution < 1.29 is 0 Å². The molecule has 1 aliphatic rings. The number of hydrogen-bond donors (Lipinski definition) is 1. The first-order chi connectivity index (χ1) is 5.75. The molecule has 0 radical (unpaired) electrons. The molecule has 0 spiro atoms. The smallest absolute Gasteiger partial charge is 0.126 e. The van der Waals surface area contributed by atoms with Crippen LogP contribution in [0.1, 0.15) is 24.1 Å². The third-order valence-electron chi connectivity index (χ3n) is 2.28. The van der Waals surface area contributed by atoms with Crippen molar-refractivity contribution in [3.8, 4) is 0 Å². The number of nitrogens with zero attached hydrogens (tertiary/aromatic N) is 1. The summed E-state index contributed by atoms with van der Waals surface area (Å²) in [7, 11) is 0. The number of rotatable bonds is 2. The summed E-state index contributed by atoms with van der Waals surface area (Å²) in [5.74, 6) is 1.03. The molecule has 1 N–H and O–H groups in total. The van der Waals surface area contributed by atoms with E-state index < -0.39 is 0 Å². The molecule has 2 nitrogen and oxygen atoms in total. The molecule has 0 bridgehead atoms. The average Bonchev–Trinajstić information content (AvgIpc) is 2.81. The lowest BCUT2D eigenvalue weighted by molar-refractivity contribution is 1.07. The lowest BCUT2D eigenvalue weighted by atomic mass is 10.2. The van der Waals surface area contributed by atoms with Gasteiger partial charge in [0.05, 0.1) is 0 Å². The zero-order valence-corrected chi connectivity index (χ0v) is 7.59. The van der Waals surface area contributed by atoms with E-state index in [-0.39, 0.29) is 0 Å². The lowest BCUT2D eigenvalue weighted by Crippen LogP contribution is -2.03. The van der Waals surface area contributed by atoms with Crippen LogP contribution in [0.15, 0.2) is 12.1 Å². The molecule has 0 atom stereocenters. The van der Waals surface area contributed by atoms with E-state index in [0.29, 0.717) is 6.04 Å².